The van der Waals surface area contributed by atoms with Crippen molar-refractivity contribution in [2.75, 3.05) is 26.9 Å². The van der Waals surface area contributed by atoms with Crippen molar-refractivity contribution in [3.63, 3.8) is 0 Å². The van der Waals surface area contributed by atoms with E-state index in [0.717, 1.165) is 12.0 Å². The lowest BCUT2D eigenvalue weighted by Crippen LogP contribution is -2.21. The van der Waals surface area contributed by atoms with E-state index in [0.29, 0.717) is 32.3 Å². The van der Waals surface area contributed by atoms with Crippen LogP contribution in [0.4, 0.5) is 0 Å². The third-order valence-electron chi connectivity index (χ3n) is 2.50. The van der Waals surface area contributed by atoms with E-state index in [1.54, 1.807) is 7.11 Å². The molecule has 0 aliphatic carbocycles. The van der Waals surface area contributed by atoms with Gasteiger partial charge in [-0.1, -0.05) is 30.3 Å². The van der Waals surface area contributed by atoms with Gasteiger partial charge in [-0.25, -0.2) is 9.78 Å². The Balaban J connectivity index is 2.04. The maximum Gasteiger partial charge on any atom is 0.107 e. The molecule has 1 rings (SSSR count). The fraction of sp³-hybridized carbons (Fsp3) is 0.538. The van der Waals surface area contributed by atoms with Gasteiger partial charge in [0.1, 0.15) is 6.61 Å². The Hall–Kier alpha value is -0.940. The maximum absolute atomic E-state index is 5.59. The van der Waals surface area contributed by atoms with E-state index < -0.39 is 0 Å². The van der Waals surface area contributed by atoms with Crippen LogP contribution in [0.3, 0.4) is 0 Å². The number of ether oxygens (including phenoxy) is 1. The van der Waals surface area contributed by atoms with Crippen molar-refractivity contribution in [3.05, 3.63) is 35.9 Å². The van der Waals surface area contributed by atoms with Crippen molar-refractivity contribution >= 4 is 0 Å². The number of hydrogen-bond acceptors (Lipinski definition) is 4. The maximum atomic E-state index is 5.59. The van der Waals surface area contributed by atoms with Gasteiger partial charge in [0, 0.05) is 7.11 Å². The third kappa shape index (κ3) is 6.38. The lowest BCUT2D eigenvalue weighted by Gasteiger charge is -2.12. The van der Waals surface area contributed by atoms with Crippen LogP contribution in [-0.4, -0.2) is 26.9 Å². The highest BCUT2D eigenvalue weighted by atomic mass is 17.2. The zero-order valence-electron chi connectivity index (χ0n) is 10.3. The monoisotopic (exact) mass is 239 g/mol. The molecule has 2 N–H and O–H groups in total. The van der Waals surface area contributed by atoms with Gasteiger partial charge in [-0.3, -0.25) is 0 Å². The Morgan fingerprint density at radius 2 is 1.94 bits per heavy atom. The predicted molar refractivity (Wildman–Crippen MR) is 66.2 cm³/mol. The standard InChI is InChI=1S/C13H21NO3/c1-15-10-13(9-14)7-8-16-17-11-12-5-3-2-4-6-12/h2-6,13H,7-11,14H2,1H3/t13-/m0/s1. The second-order valence-corrected chi connectivity index (χ2v) is 3.92. The molecule has 0 spiro atoms. The summed E-state index contributed by atoms with van der Waals surface area (Å²) in [6.07, 6.45) is 0.846. The summed E-state index contributed by atoms with van der Waals surface area (Å²) in [5.41, 5.74) is 6.69. The van der Waals surface area contributed by atoms with Crippen molar-refractivity contribution in [2.24, 2.45) is 11.7 Å². The highest BCUT2D eigenvalue weighted by Gasteiger charge is 2.05. The Bertz CT molecular complexity index is 279. The van der Waals surface area contributed by atoms with Crippen LogP contribution in [0.25, 0.3) is 0 Å². The molecular weight excluding hydrogens is 218 g/mol. The summed E-state index contributed by atoms with van der Waals surface area (Å²) in [4.78, 5) is 10.2. The first-order valence-electron chi connectivity index (χ1n) is 5.84. The zero-order chi connectivity index (χ0) is 12.3. The van der Waals surface area contributed by atoms with Gasteiger partial charge in [0.25, 0.3) is 0 Å². The number of benzene rings is 1. The molecule has 0 bridgehead atoms. The normalized spacial score (nSPS) is 12.6. The van der Waals surface area contributed by atoms with Crippen LogP contribution in [-0.2, 0) is 21.1 Å². The fourth-order valence-electron chi connectivity index (χ4n) is 1.46. The largest absolute Gasteiger partial charge is 0.384 e. The Morgan fingerprint density at radius 3 is 2.59 bits per heavy atom. The van der Waals surface area contributed by atoms with Crippen LogP contribution >= 0.6 is 0 Å². The fourth-order valence-corrected chi connectivity index (χ4v) is 1.46. The molecule has 0 saturated carbocycles. The molecule has 0 aromatic heterocycles. The van der Waals surface area contributed by atoms with Crippen molar-refractivity contribution in [1.82, 2.24) is 0 Å². The molecule has 0 heterocycles. The Morgan fingerprint density at radius 1 is 1.18 bits per heavy atom. The first-order valence-corrected chi connectivity index (χ1v) is 5.84. The summed E-state index contributed by atoms with van der Waals surface area (Å²) < 4.78 is 5.04. The van der Waals surface area contributed by atoms with Gasteiger partial charge in [0.15, 0.2) is 0 Å². The van der Waals surface area contributed by atoms with Crippen LogP contribution in [0.1, 0.15) is 12.0 Å². The molecule has 96 valence electrons. The van der Waals surface area contributed by atoms with Gasteiger partial charge >= 0.3 is 0 Å². The molecule has 0 saturated heterocycles. The average molecular weight is 239 g/mol. The molecular formula is C13H21NO3. The van der Waals surface area contributed by atoms with Gasteiger partial charge < -0.3 is 10.5 Å². The minimum absolute atomic E-state index is 0.334. The van der Waals surface area contributed by atoms with Gasteiger partial charge in [0.05, 0.1) is 13.2 Å². The van der Waals surface area contributed by atoms with E-state index in [9.17, 15) is 0 Å². The highest BCUT2D eigenvalue weighted by molar-refractivity contribution is 5.13. The lowest BCUT2D eigenvalue weighted by molar-refractivity contribution is -0.305. The molecule has 0 fully saturated rings. The van der Waals surface area contributed by atoms with Crippen molar-refractivity contribution < 1.29 is 14.5 Å². The number of rotatable bonds is 9. The van der Waals surface area contributed by atoms with Crippen molar-refractivity contribution in [1.29, 1.82) is 0 Å². The topological polar surface area (TPSA) is 53.7 Å². The Kier molecular flexibility index (Phi) is 7.58. The number of methoxy groups -OCH3 is 1. The van der Waals surface area contributed by atoms with Crippen molar-refractivity contribution in [3.8, 4) is 0 Å². The molecule has 0 unspecified atom stereocenters. The van der Waals surface area contributed by atoms with Crippen LogP contribution in [0.15, 0.2) is 30.3 Å². The second kappa shape index (κ2) is 9.13. The molecule has 17 heavy (non-hydrogen) atoms. The minimum atomic E-state index is 0.334. The van der Waals surface area contributed by atoms with E-state index >= 15 is 0 Å². The van der Waals surface area contributed by atoms with Crippen LogP contribution in [0.2, 0.25) is 0 Å². The van der Waals surface area contributed by atoms with Crippen molar-refractivity contribution in [2.45, 2.75) is 13.0 Å². The average Bonchev–Trinajstić information content (AvgIpc) is 2.38. The predicted octanol–water partition coefficient (Wildman–Crippen LogP) is 1.75. The summed E-state index contributed by atoms with van der Waals surface area (Å²) in [5.74, 6) is 0.334. The Labute approximate surface area is 103 Å². The molecule has 4 nitrogen and oxygen atoms in total. The summed E-state index contributed by atoms with van der Waals surface area (Å²) in [7, 11) is 1.68. The quantitative estimate of drug-likeness (QED) is 0.405. The van der Waals surface area contributed by atoms with Gasteiger partial charge in [0.2, 0.25) is 0 Å². The molecule has 0 amide bonds. The molecule has 1 aromatic rings. The molecule has 1 atom stereocenters. The van der Waals surface area contributed by atoms with Gasteiger partial charge in [-0.15, -0.1) is 0 Å². The van der Waals surface area contributed by atoms with E-state index in [-0.39, 0.29) is 0 Å². The van der Waals surface area contributed by atoms with Crippen LogP contribution in [0, 0.1) is 5.92 Å². The summed E-state index contributed by atoms with van der Waals surface area (Å²) in [6, 6.07) is 9.92. The molecule has 0 radical (unpaired) electrons. The molecule has 4 heteroatoms. The summed E-state index contributed by atoms with van der Waals surface area (Å²) in [6.45, 7) is 2.28. The highest BCUT2D eigenvalue weighted by Crippen LogP contribution is 2.04. The van der Waals surface area contributed by atoms with Gasteiger partial charge in [-0.2, -0.15) is 0 Å². The number of nitrogens with two attached hydrogens (primary N) is 1. The summed E-state index contributed by atoms with van der Waals surface area (Å²) >= 11 is 0. The molecule has 0 aliphatic heterocycles. The number of hydrogen-bond donors (Lipinski definition) is 1. The van der Waals surface area contributed by atoms with Crippen LogP contribution < -0.4 is 5.73 Å². The lowest BCUT2D eigenvalue weighted by atomic mass is 10.1. The second-order valence-electron chi connectivity index (χ2n) is 3.92. The van der Waals surface area contributed by atoms with E-state index in [1.807, 2.05) is 30.3 Å². The summed E-state index contributed by atoms with van der Waals surface area (Å²) in [5, 5.41) is 0. The smallest absolute Gasteiger partial charge is 0.107 e. The van der Waals surface area contributed by atoms with E-state index in [1.165, 1.54) is 0 Å². The van der Waals surface area contributed by atoms with Crippen LogP contribution in [0.5, 0.6) is 0 Å². The SMILES string of the molecule is COC[C@H](CN)CCOOCc1ccccc1. The van der Waals surface area contributed by atoms with Gasteiger partial charge in [-0.05, 0) is 24.4 Å². The minimum Gasteiger partial charge on any atom is -0.384 e. The molecule has 0 aliphatic rings. The van der Waals surface area contributed by atoms with E-state index in [2.05, 4.69) is 0 Å². The van der Waals surface area contributed by atoms with E-state index in [4.69, 9.17) is 20.2 Å². The first-order chi connectivity index (χ1) is 8.36. The first kappa shape index (κ1) is 14.1. The zero-order valence-corrected chi connectivity index (χ0v) is 10.3. The molecule has 1 aromatic carbocycles. The third-order valence-corrected chi connectivity index (χ3v) is 2.50.